The number of amides is 1. The van der Waals surface area contributed by atoms with Crippen LogP contribution in [0.15, 0.2) is 41.8 Å². The first-order valence-electron chi connectivity index (χ1n) is 8.45. The van der Waals surface area contributed by atoms with Gasteiger partial charge in [0.05, 0.1) is 0 Å². The molecule has 1 aromatic rings. The van der Waals surface area contributed by atoms with Crippen molar-refractivity contribution >= 4 is 17.5 Å². The van der Waals surface area contributed by atoms with Crippen LogP contribution in [-0.4, -0.2) is 12.5 Å². The number of carbonyl (C=O) groups excluding carboxylic acids is 1. The van der Waals surface area contributed by atoms with E-state index in [-0.39, 0.29) is 0 Å². The third kappa shape index (κ3) is 4.94. The van der Waals surface area contributed by atoms with E-state index in [4.69, 9.17) is 11.6 Å². The molecular weight excluding hydrogens is 325 g/mol. The van der Waals surface area contributed by atoms with Gasteiger partial charge in [0.25, 0.3) is 5.91 Å². The van der Waals surface area contributed by atoms with Gasteiger partial charge in [0, 0.05) is 11.6 Å². The molecule has 0 fully saturated rings. The van der Waals surface area contributed by atoms with E-state index in [2.05, 4.69) is 11.4 Å². The van der Waals surface area contributed by atoms with Gasteiger partial charge in [-0.05, 0) is 60.8 Å². The van der Waals surface area contributed by atoms with Crippen LogP contribution in [0.1, 0.15) is 38.3 Å². The lowest BCUT2D eigenvalue weighted by molar-refractivity contribution is -0.119. The van der Waals surface area contributed by atoms with Crippen LogP contribution in [0.3, 0.4) is 0 Å². The van der Waals surface area contributed by atoms with E-state index in [1.54, 1.807) is 13.0 Å². The average molecular weight is 350 g/mol. The van der Waals surface area contributed by atoms with E-state index in [0.717, 1.165) is 24.3 Å². The Morgan fingerprint density at radius 2 is 2.17 bits per heavy atom. The predicted octanol–water partition coefficient (Wildman–Crippen LogP) is 5.02. The van der Waals surface area contributed by atoms with Crippen LogP contribution in [0.5, 0.6) is 0 Å². The number of benzene rings is 1. The van der Waals surface area contributed by atoms with Crippen LogP contribution in [0, 0.1) is 11.8 Å². The summed E-state index contributed by atoms with van der Waals surface area (Å²) in [7, 11) is 0. The third-order valence-electron chi connectivity index (χ3n) is 4.27. The molecule has 2 nitrogen and oxygen atoms in total. The second kappa shape index (κ2) is 8.48. The van der Waals surface area contributed by atoms with Crippen molar-refractivity contribution in [3.8, 4) is 0 Å². The van der Waals surface area contributed by atoms with Gasteiger partial charge < -0.3 is 5.32 Å². The molecule has 1 amide bonds. The molecule has 0 bridgehead atoms. The molecule has 0 spiro atoms. The topological polar surface area (TPSA) is 29.1 Å². The van der Waals surface area contributed by atoms with Crippen molar-refractivity contribution in [3.63, 3.8) is 0 Å². The zero-order valence-corrected chi connectivity index (χ0v) is 15.3. The van der Waals surface area contributed by atoms with Gasteiger partial charge >= 0.3 is 0 Å². The Balaban J connectivity index is 1.89. The highest BCUT2D eigenvalue weighted by atomic mass is 35.5. The van der Waals surface area contributed by atoms with Crippen LogP contribution in [0.4, 0.5) is 4.39 Å². The second-order valence-corrected chi connectivity index (χ2v) is 7.30. The highest BCUT2D eigenvalue weighted by Gasteiger charge is 2.22. The van der Waals surface area contributed by atoms with E-state index in [1.807, 2.05) is 32.1 Å². The van der Waals surface area contributed by atoms with E-state index >= 15 is 0 Å². The van der Waals surface area contributed by atoms with E-state index in [1.165, 1.54) is 11.1 Å². The summed E-state index contributed by atoms with van der Waals surface area (Å²) in [5.74, 6) is -0.550. The SMILES string of the molecule is CC(C=CCC1Cc2cccc(Cl)c2C1)=C(F)C(=O)NCC(C)C. The number of halogens is 2. The largest absolute Gasteiger partial charge is 0.350 e. The lowest BCUT2D eigenvalue weighted by atomic mass is 10.0. The maximum Gasteiger partial charge on any atom is 0.280 e. The van der Waals surface area contributed by atoms with Gasteiger partial charge in [0.15, 0.2) is 5.83 Å². The lowest BCUT2D eigenvalue weighted by Gasteiger charge is -2.07. The number of allylic oxidation sites excluding steroid dienone is 3. The molecule has 1 aromatic carbocycles. The van der Waals surface area contributed by atoms with Gasteiger partial charge in [0.2, 0.25) is 0 Å². The standard InChI is InChI=1S/C20H25ClFNO/c1-13(2)12-23-20(24)19(22)14(3)6-4-7-15-10-16-8-5-9-18(21)17(16)11-15/h4-6,8-9,13,15H,7,10-12H2,1-3H3,(H,23,24). The Kier molecular flexibility index (Phi) is 6.61. The smallest absolute Gasteiger partial charge is 0.280 e. The quantitative estimate of drug-likeness (QED) is 0.567. The molecular formula is C20H25ClFNO. The highest BCUT2D eigenvalue weighted by Crippen LogP contribution is 2.33. The molecule has 130 valence electrons. The Bertz CT molecular complexity index is 664. The van der Waals surface area contributed by atoms with Crippen molar-refractivity contribution in [2.45, 2.75) is 40.0 Å². The summed E-state index contributed by atoms with van der Waals surface area (Å²) in [6, 6.07) is 6.03. The third-order valence-corrected chi connectivity index (χ3v) is 4.63. The molecule has 1 atom stereocenters. The van der Waals surface area contributed by atoms with Gasteiger partial charge in [-0.25, -0.2) is 4.39 Å². The predicted molar refractivity (Wildman–Crippen MR) is 97.8 cm³/mol. The fourth-order valence-corrected chi connectivity index (χ4v) is 3.20. The minimum Gasteiger partial charge on any atom is -0.350 e. The number of rotatable bonds is 6. The lowest BCUT2D eigenvalue weighted by Crippen LogP contribution is -2.27. The minimum absolute atomic E-state index is 0.299. The normalized spacial score (nSPS) is 18.0. The maximum absolute atomic E-state index is 14.0. The monoisotopic (exact) mass is 349 g/mol. The van der Waals surface area contributed by atoms with Crippen LogP contribution >= 0.6 is 11.6 Å². The number of carbonyl (C=O) groups is 1. The van der Waals surface area contributed by atoms with Gasteiger partial charge in [-0.1, -0.05) is 49.7 Å². The molecule has 4 heteroatoms. The van der Waals surface area contributed by atoms with Gasteiger partial charge in [0.1, 0.15) is 0 Å². The summed E-state index contributed by atoms with van der Waals surface area (Å²) in [6.45, 7) is 6.05. The number of fused-ring (bicyclic) bond motifs is 1. The van der Waals surface area contributed by atoms with Crippen LogP contribution in [0.25, 0.3) is 0 Å². The molecule has 1 aliphatic rings. The average Bonchev–Trinajstić information content (AvgIpc) is 2.96. The van der Waals surface area contributed by atoms with Crippen molar-refractivity contribution in [2.24, 2.45) is 11.8 Å². The fourth-order valence-electron chi connectivity index (χ4n) is 2.93. The molecule has 2 rings (SSSR count). The molecule has 1 aliphatic carbocycles. The maximum atomic E-state index is 14.0. The van der Waals surface area contributed by atoms with E-state index < -0.39 is 11.7 Å². The minimum atomic E-state index is -0.704. The van der Waals surface area contributed by atoms with Crippen LogP contribution in [0.2, 0.25) is 5.02 Å². The number of hydrogen-bond acceptors (Lipinski definition) is 1. The Labute approximate surface area is 148 Å². The van der Waals surface area contributed by atoms with E-state index in [9.17, 15) is 9.18 Å². The first-order valence-corrected chi connectivity index (χ1v) is 8.83. The molecule has 0 aliphatic heterocycles. The first-order chi connectivity index (χ1) is 11.4. The molecule has 0 saturated carbocycles. The van der Waals surface area contributed by atoms with Gasteiger partial charge in [-0.15, -0.1) is 0 Å². The molecule has 0 heterocycles. The molecule has 0 radical (unpaired) electrons. The van der Waals surface area contributed by atoms with Gasteiger partial charge in [-0.3, -0.25) is 4.79 Å². The number of hydrogen-bond donors (Lipinski definition) is 1. The second-order valence-electron chi connectivity index (χ2n) is 6.89. The van der Waals surface area contributed by atoms with Crippen molar-refractivity contribution in [2.75, 3.05) is 6.54 Å². The Morgan fingerprint density at radius 1 is 1.42 bits per heavy atom. The Hall–Kier alpha value is -1.61. The Morgan fingerprint density at radius 3 is 2.83 bits per heavy atom. The zero-order chi connectivity index (χ0) is 17.7. The van der Waals surface area contributed by atoms with Crippen molar-refractivity contribution in [3.05, 3.63) is 57.9 Å². The van der Waals surface area contributed by atoms with Crippen molar-refractivity contribution < 1.29 is 9.18 Å². The summed E-state index contributed by atoms with van der Waals surface area (Å²) in [4.78, 5) is 11.7. The summed E-state index contributed by atoms with van der Waals surface area (Å²) in [6.07, 6.45) is 6.47. The van der Waals surface area contributed by atoms with Gasteiger partial charge in [-0.2, -0.15) is 0 Å². The summed E-state index contributed by atoms with van der Waals surface area (Å²) < 4.78 is 14.0. The molecule has 1 N–H and O–H groups in total. The van der Waals surface area contributed by atoms with Crippen molar-refractivity contribution in [1.29, 1.82) is 0 Å². The van der Waals surface area contributed by atoms with Crippen molar-refractivity contribution in [1.82, 2.24) is 5.32 Å². The molecule has 0 aromatic heterocycles. The molecule has 24 heavy (non-hydrogen) atoms. The van der Waals surface area contributed by atoms with Crippen LogP contribution < -0.4 is 5.32 Å². The summed E-state index contributed by atoms with van der Waals surface area (Å²) in [5, 5.41) is 3.43. The highest BCUT2D eigenvalue weighted by molar-refractivity contribution is 6.31. The van der Waals surface area contributed by atoms with E-state index in [0.29, 0.717) is 24.0 Å². The molecule has 1 unspecified atom stereocenters. The summed E-state index contributed by atoms with van der Waals surface area (Å²) in [5.41, 5.74) is 2.92. The first kappa shape index (κ1) is 18.7. The zero-order valence-electron chi connectivity index (χ0n) is 14.5. The fraction of sp³-hybridized carbons (Fsp3) is 0.450. The summed E-state index contributed by atoms with van der Waals surface area (Å²) >= 11 is 6.23. The number of nitrogens with one attached hydrogen (secondary N) is 1. The molecule has 0 saturated heterocycles. The van der Waals surface area contributed by atoms with Crippen LogP contribution in [-0.2, 0) is 17.6 Å².